The van der Waals surface area contributed by atoms with Gasteiger partial charge in [0.15, 0.2) is 0 Å². The summed E-state index contributed by atoms with van der Waals surface area (Å²) in [6, 6.07) is 0. The Bertz CT molecular complexity index is 282. The molecule has 106 valence electrons. The van der Waals surface area contributed by atoms with Crippen LogP contribution >= 0.6 is 0 Å². The molecule has 1 rings (SSSR count). The second-order valence-corrected chi connectivity index (χ2v) is 4.16. The van der Waals surface area contributed by atoms with Crippen LogP contribution in [0.2, 0.25) is 0 Å². The third-order valence-electron chi connectivity index (χ3n) is 3.64. The van der Waals surface area contributed by atoms with Gasteiger partial charge in [-0.1, -0.05) is 41.5 Å². The van der Waals surface area contributed by atoms with E-state index >= 15 is 0 Å². The van der Waals surface area contributed by atoms with Crippen LogP contribution in [0, 0.1) is 27.7 Å². The summed E-state index contributed by atoms with van der Waals surface area (Å²) < 4.78 is 0. The van der Waals surface area contributed by atoms with Crippen LogP contribution in [0.5, 0.6) is 0 Å². The first-order chi connectivity index (χ1) is 8.54. The highest BCUT2D eigenvalue weighted by molar-refractivity contribution is 5.49. The van der Waals surface area contributed by atoms with Gasteiger partial charge in [0.25, 0.3) is 0 Å². The van der Waals surface area contributed by atoms with E-state index in [1.165, 1.54) is 22.3 Å². The van der Waals surface area contributed by atoms with E-state index in [9.17, 15) is 0 Å². The normalized spacial score (nSPS) is 9.00. The first-order valence-corrected chi connectivity index (χ1v) is 7.62. The standard InChI is InChI=1S/C14H22.2C2H6/c1-7-13-9(3)11(5)14(8-2)12(6)10(13)4;2*1-2/h7-8H2,1-6H3;2*1-2H3. The lowest BCUT2D eigenvalue weighted by atomic mass is 9.87. The summed E-state index contributed by atoms with van der Waals surface area (Å²) in [6.45, 7) is 21.6. The first kappa shape index (κ1) is 19.6. The molecule has 0 heterocycles. The molecule has 1 aromatic rings. The van der Waals surface area contributed by atoms with Gasteiger partial charge >= 0.3 is 0 Å². The second kappa shape index (κ2) is 10.2. The Morgan fingerprint density at radius 3 is 0.778 bits per heavy atom. The molecular formula is C18H34. The summed E-state index contributed by atoms with van der Waals surface area (Å²) in [5.41, 5.74) is 9.13. The van der Waals surface area contributed by atoms with E-state index < -0.39 is 0 Å². The predicted octanol–water partition coefficient (Wildman–Crippen LogP) is 6.10. The molecule has 0 saturated carbocycles. The Morgan fingerprint density at radius 2 is 0.667 bits per heavy atom. The van der Waals surface area contributed by atoms with Crippen LogP contribution in [0.1, 0.15) is 74.9 Å². The number of hydrogen-bond donors (Lipinski definition) is 0. The highest BCUT2D eigenvalue weighted by Crippen LogP contribution is 2.27. The Morgan fingerprint density at radius 1 is 0.500 bits per heavy atom. The van der Waals surface area contributed by atoms with Crippen molar-refractivity contribution in [2.75, 3.05) is 0 Å². The fourth-order valence-corrected chi connectivity index (χ4v) is 2.53. The van der Waals surface area contributed by atoms with Crippen molar-refractivity contribution >= 4 is 0 Å². The molecule has 0 aliphatic carbocycles. The quantitative estimate of drug-likeness (QED) is 0.595. The van der Waals surface area contributed by atoms with Crippen LogP contribution in [0.4, 0.5) is 0 Å². The van der Waals surface area contributed by atoms with E-state index in [4.69, 9.17) is 0 Å². The third-order valence-corrected chi connectivity index (χ3v) is 3.64. The summed E-state index contributed by atoms with van der Waals surface area (Å²) in [6.07, 6.45) is 2.31. The number of benzene rings is 1. The van der Waals surface area contributed by atoms with Crippen molar-refractivity contribution in [2.45, 2.75) is 82.1 Å². The lowest BCUT2D eigenvalue weighted by molar-refractivity contribution is 0.996. The van der Waals surface area contributed by atoms with E-state index in [-0.39, 0.29) is 0 Å². The van der Waals surface area contributed by atoms with Crippen LogP contribution in [0.25, 0.3) is 0 Å². The van der Waals surface area contributed by atoms with Crippen LogP contribution < -0.4 is 0 Å². The van der Waals surface area contributed by atoms with E-state index in [1.54, 1.807) is 11.1 Å². The van der Waals surface area contributed by atoms with Crippen molar-refractivity contribution in [3.05, 3.63) is 33.4 Å². The molecule has 1 aromatic carbocycles. The monoisotopic (exact) mass is 250 g/mol. The van der Waals surface area contributed by atoms with Crippen LogP contribution in [0.15, 0.2) is 0 Å². The molecule has 0 fully saturated rings. The van der Waals surface area contributed by atoms with Gasteiger partial charge in [0.05, 0.1) is 0 Å². The summed E-state index contributed by atoms with van der Waals surface area (Å²) in [5.74, 6) is 0. The summed E-state index contributed by atoms with van der Waals surface area (Å²) in [7, 11) is 0. The van der Waals surface area contributed by atoms with Crippen LogP contribution in [-0.4, -0.2) is 0 Å². The Kier molecular flexibility index (Phi) is 11.1. The van der Waals surface area contributed by atoms with Crippen molar-refractivity contribution < 1.29 is 0 Å². The molecule has 0 atom stereocenters. The first-order valence-electron chi connectivity index (χ1n) is 7.62. The van der Waals surface area contributed by atoms with E-state index in [0.717, 1.165) is 12.8 Å². The lowest BCUT2D eigenvalue weighted by Crippen LogP contribution is -2.03. The fraction of sp³-hybridized carbons (Fsp3) is 0.667. The minimum atomic E-state index is 1.16. The van der Waals surface area contributed by atoms with Gasteiger partial charge in [-0.3, -0.25) is 0 Å². The molecule has 0 unspecified atom stereocenters. The molecule has 0 heteroatoms. The molecule has 18 heavy (non-hydrogen) atoms. The van der Waals surface area contributed by atoms with Crippen molar-refractivity contribution in [3.8, 4) is 0 Å². The molecule has 0 spiro atoms. The zero-order valence-electron chi connectivity index (χ0n) is 14.4. The maximum atomic E-state index is 2.26. The molecule has 0 radical (unpaired) electrons. The summed E-state index contributed by atoms with van der Waals surface area (Å²) >= 11 is 0. The maximum Gasteiger partial charge on any atom is -0.0302 e. The van der Waals surface area contributed by atoms with Gasteiger partial charge in [-0.05, 0) is 73.9 Å². The molecule has 0 aromatic heterocycles. The molecule has 0 N–H and O–H groups in total. The van der Waals surface area contributed by atoms with Gasteiger partial charge in [0, 0.05) is 0 Å². The SMILES string of the molecule is CC.CC.CCc1c(C)c(C)c(CC)c(C)c1C. The Hall–Kier alpha value is -0.780. The Balaban J connectivity index is 0. The second-order valence-electron chi connectivity index (χ2n) is 4.16. The third kappa shape index (κ3) is 4.15. The van der Waals surface area contributed by atoms with Crippen LogP contribution in [-0.2, 0) is 12.8 Å². The largest absolute Gasteiger partial charge is 0.0683 e. The van der Waals surface area contributed by atoms with Crippen molar-refractivity contribution in [1.82, 2.24) is 0 Å². The average molecular weight is 250 g/mol. The highest BCUT2D eigenvalue weighted by atomic mass is 14.2. The minimum absolute atomic E-state index is 1.16. The zero-order chi connectivity index (χ0) is 14.9. The van der Waals surface area contributed by atoms with Gasteiger partial charge in [0.2, 0.25) is 0 Å². The zero-order valence-corrected chi connectivity index (χ0v) is 14.4. The van der Waals surface area contributed by atoms with Gasteiger partial charge in [-0.2, -0.15) is 0 Å². The molecule has 0 amide bonds. The topological polar surface area (TPSA) is 0 Å². The predicted molar refractivity (Wildman–Crippen MR) is 86.8 cm³/mol. The molecule has 0 aliphatic heterocycles. The van der Waals surface area contributed by atoms with Crippen molar-refractivity contribution in [2.24, 2.45) is 0 Å². The van der Waals surface area contributed by atoms with Gasteiger partial charge < -0.3 is 0 Å². The summed E-state index contributed by atoms with van der Waals surface area (Å²) in [4.78, 5) is 0. The summed E-state index contributed by atoms with van der Waals surface area (Å²) in [5, 5.41) is 0. The van der Waals surface area contributed by atoms with Crippen molar-refractivity contribution in [3.63, 3.8) is 0 Å². The van der Waals surface area contributed by atoms with Gasteiger partial charge in [-0.15, -0.1) is 0 Å². The molecular weight excluding hydrogens is 216 g/mol. The smallest absolute Gasteiger partial charge is 0.0302 e. The molecule has 0 bridgehead atoms. The van der Waals surface area contributed by atoms with E-state index in [0.29, 0.717) is 0 Å². The number of hydrogen-bond acceptors (Lipinski definition) is 0. The maximum absolute atomic E-state index is 2.26. The average Bonchev–Trinajstić information content (AvgIpc) is 2.42. The molecule has 0 saturated heterocycles. The van der Waals surface area contributed by atoms with Gasteiger partial charge in [-0.25, -0.2) is 0 Å². The number of rotatable bonds is 2. The minimum Gasteiger partial charge on any atom is -0.0683 e. The Labute approximate surface area is 116 Å². The van der Waals surface area contributed by atoms with Crippen molar-refractivity contribution in [1.29, 1.82) is 0 Å². The van der Waals surface area contributed by atoms with Gasteiger partial charge in [0.1, 0.15) is 0 Å². The van der Waals surface area contributed by atoms with E-state index in [2.05, 4.69) is 41.5 Å². The lowest BCUT2D eigenvalue weighted by Gasteiger charge is -2.18. The fourth-order valence-electron chi connectivity index (χ4n) is 2.53. The van der Waals surface area contributed by atoms with E-state index in [1.807, 2.05) is 27.7 Å². The molecule has 0 nitrogen and oxygen atoms in total. The van der Waals surface area contributed by atoms with Crippen LogP contribution in [0.3, 0.4) is 0 Å². The molecule has 0 aliphatic rings. The highest BCUT2D eigenvalue weighted by Gasteiger charge is 2.11.